The zero-order valence-corrected chi connectivity index (χ0v) is 14.8. The molecule has 1 atom stereocenters. The largest absolute Gasteiger partial charge is 0.457 e. The fraction of sp³-hybridized carbons (Fsp3) is 0.350. The van der Waals surface area contributed by atoms with Crippen LogP contribution in [0.3, 0.4) is 0 Å². The van der Waals surface area contributed by atoms with Crippen LogP contribution >= 0.6 is 11.9 Å². The van der Waals surface area contributed by atoms with Gasteiger partial charge in [-0.2, -0.15) is 0 Å². The second-order valence-electron chi connectivity index (χ2n) is 6.45. The number of aryl methyl sites for hydroxylation is 1. The molecule has 124 valence electrons. The van der Waals surface area contributed by atoms with Gasteiger partial charge in [-0.15, -0.1) is 0 Å². The van der Waals surface area contributed by atoms with Gasteiger partial charge < -0.3 is 9.64 Å². The fourth-order valence-electron chi connectivity index (χ4n) is 3.46. The molecule has 24 heavy (non-hydrogen) atoms. The molecule has 2 aliphatic heterocycles. The average molecular weight is 338 g/mol. The van der Waals surface area contributed by atoms with Crippen molar-refractivity contribution >= 4 is 17.8 Å². The van der Waals surface area contributed by atoms with Crippen molar-refractivity contribution in [2.75, 3.05) is 18.8 Å². The second kappa shape index (κ2) is 6.89. The van der Waals surface area contributed by atoms with Crippen molar-refractivity contribution in [2.24, 2.45) is 4.40 Å². The topological polar surface area (TPSA) is 24.8 Å². The molecule has 1 fully saturated rings. The molecule has 1 unspecified atom stereocenters. The van der Waals surface area contributed by atoms with Gasteiger partial charge >= 0.3 is 0 Å². The molecule has 2 aromatic rings. The van der Waals surface area contributed by atoms with E-state index in [1.54, 1.807) is 11.9 Å². The number of hydrogen-bond donors (Lipinski definition) is 0. The molecule has 0 aliphatic carbocycles. The summed E-state index contributed by atoms with van der Waals surface area (Å²) in [7, 11) is 0. The summed E-state index contributed by atoms with van der Waals surface area (Å²) >= 11 is 1.71. The standard InChI is InChI=1S/C20H22N2OS/c1-15-4-2-5-18(14-15)23-17-9-7-16(8-10-17)19-6-3-11-22-12-13-24-21-20(19)22/h2,4-5,7-10,14,19H,3,6,11-13H2,1H3. The SMILES string of the molecule is Cc1cccc(Oc2ccc(C3CCCN4CCSN=C34)cc2)c1. The van der Waals surface area contributed by atoms with E-state index in [9.17, 15) is 0 Å². The van der Waals surface area contributed by atoms with Crippen LogP contribution in [0.1, 0.15) is 29.9 Å². The van der Waals surface area contributed by atoms with Crippen molar-refractivity contribution in [3.8, 4) is 11.5 Å². The van der Waals surface area contributed by atoms with E-state index in [0.29, 0.717) is 5.92 Å². The monoisotopic (exact) mass is 338 g/mol. The van der Waals surface area contributed by atoms with Gasteiger partial charge in [0.25, 0.3) is 0 Å². The third-order valence-electron chi connectivity index (χ3n) is 4.67. The van der Waals surface area contributed by atoms with Gasteiger partial charge in [-0.3, -0.25) is 0 Å². The molecule has 2 aromatic carbocycles. The number of rotatable bonds is 3. The molecule has 0 bridgehead atoms. The van der Waals surface area contributed by atoms with E-state index in [4.69, 9.17) is 9.13 Å². The normalized spacial score (nSPS) is 20.3. The number of ether oxygens (including phenoxy) is 1. The summed E-state index contributed by atoms with van der Waals surface area (Å²) in [6.07, 6.45) is 2.43. The molecule has 0 aromatic heterocycles. The lowest BCUT2D eigenvalue weighted by Gasteiger charge is -2.37. The molecular weight excluding hydrogens is 316 g/mol. The predicted octanol–water partition coefficient (Wildman–Crippen LogP) is 5.03. The van der Waals surface area contributed by atoms with Crippen LogP contribution in [-0.4, -0.2) is 29.6 Å². The number of amidine groups is 1. The molecule has 1 saturated heterocycles. The van der Waals surface area contributed by atoms with E-state index in [2.05, 4.69) is 48.2 Å². The summed E-state index contributed by atoms with van der Waals surface area (Å²) in [5.74, 6) is 4.58. The minimum Gasteiger partial charge on any atom is -0.457 e. The first-order valence-electron chi connectivity index (χ1n) is 8.59. The summed E-state index contributed by atoms with van der Waals surface area (Å²) in [5, 5.41) is 0. The molecule has 0 spiro atoms. The Hall–Kier alpha value is -1.94. The third-order valence-corrected chi connectivity index (χ3v) is 5.36. The smallest absolute Gasteiger partial charge is 0.127 e. The summed E-state index contributed by atoms with van der Waals surface area (Å²) in [5.41, 5.74) is 2.55. The molecule has 0 N–H and O–H groups in total. The Kier molecular flexibility index (Phi) is 4.48. The zero-order valence-electron chi connectivity index (χ0n) is 13.9. The first-order valence-corrected chi connectivity index (χ1v) is 9.53. The molecule has 2 aliphatic rings. The number of benzene rings is 2. The Morgan fingerprint density at radius 2 is 1.96 bits per heavy atom. The van der Waals surface area contributed by atoms with E-state index in [0.717, 1.165) is 30.3 Å². The van der Waals surface area contributed by atoms with Crippen LogP contribution in [0.5, 0.6) is 11.5 Å². The summed E-state index contributed by atoms with van der Waals surface area (Å²) in [4.78, 5) is 2.46. The van der Waals surface area contributed by atoms with E-state index < -0.39 is 0 Å². The minimum absolute atomic E-state index is 0.430. The van der Waals surface area contributed by atoms with Crippen LogP contribution < -0.4 is 4.74 Å². The molecule has 2 heterocycles. The van der Waals surface area contributed by atoms with Crippen molar-refractivity contribution in [1.82, 2.24) is 4.90 Å². The number of nitrogens with zero attached hydrogens (tertiary/aromatic N) is 2. The van der Waals surface area contributed by atoms with E-state index in [1.807, 2.05) is 12.1 Å². The molecule has 4 rings (SSSR count). The highest BCUT2D eigenvalue weighted by molar-refractivity contribution is 7.98. The highest BCUT2D eigenvalue weighted by atomic mass is 32.2. The number of hydrogen-bond acceptors (Lipinski definition) is 4. The summed E-state index contributed by atoms with van der Waals surface area (Å²) in [6, 6.07) is 16.7. The van der Waals surface area contributed by atoms with Gasteiger partial charge in [0.1, 0.15) is 17.3 Å². The number of fused-ring (bicyclic) bond motifs is 1. The molecular formula is C20H22N2OS. The van der Waals surface area contributed by atoms with Gasteiger partial charge in [0.2, 0.25) is 0 Å². The quantitative estimate of drug-likeness (QED) is 0.734. The van der Waals surface area contributed by atoms with Crippen molar-refractivity contribution < 1.29 is 4.74 Å². The van der Waals surface area contributed by atoms with Crippen molar-refractivity contribution in [3.63, 3.8) is 0 Å². The maximum absolute atomic E-state index is 5.96. The average Bonchev–Trinajstić information content (AvgIpc) is 2.62. The fourth-order valence-corrected chi connectivity index (χ4v) is 4.23. The third kappa shape index (κ3) is 3.29. The lowest BCUT2D eigenvalue weighted by molar-refractivity contribution is 0.371. The van der Waals surface area contributed by atoms with Crippen LogP contribution in [0.4, 0.5) is 0 Å². The van der Waals surface area contributed by atoms with Gasteiger partial charge in [-0.25, -0.2) is 4.40 Å². The second-order valence-corrected chi connectivity index (χ2v) is 7.30. The van der Waals surface area contributed by atoms with Crippen LogP contribution in [0.2, 0.25) is 0 Å². The van der Waals surface area contributed by atoms with Crippen molar-refractivity contribution in [3.05, 3.63) is 59.7 Å². The van der Waals surface area contributed by atoms with Crippen LogP contribution in [-0.2, 0) is 0 Å². The Balaban J connectivity index is 1.52. The number of piperidine rings is 1. The van der Waals surface area contributed by atoms with E-state index in [-0.39, 0.29) is 0 Å². The van der Waals surface area contributed by atoms with Crippen molar-refractivity contribution in [1.29, 1.82) is 0 Å². The summed E-state index contributed by atoms with van der Waals surface area (Å²) in [6.45, 7) is 4.37. The Morgan fingerprint density at radius 1 is 1.08 bits per heavy atom. The van der Waals surface area contributed by atoms with Gasteiger partial charge in [-0.05, 0) is 67.1 Å². The Bertz CT molecular complexity index is 742. The maximum Gasteiger partial charge on any atom is 0.127 e. The minimum atomic E-state index is 0.430. The molecule has 0 radical (unpaired) electrons. The van der Waals surface area contributed by atoms with Gasteiger partial charge in [0, 0.05) is 24.8 Å². The van der Waals surface area contributed by atoms with Crippen LogP contribution in [0, 0.1) is 6.92 Å². The van der Waals surface area contributed by atoms with Gasteiger partial charge in [0.05, 0.1) is 0 Å². The van der Waals surface area contributed by atoms with Crippen LogP contribution in [0.15, 0.2) is 52.9 Å². The zero-order chi connectivity index (χ0) is 16.4. The van der Waals surface area contributed by atoms with E-state index in [1.165, 1.54) is 29.8 Å². The highest BCUT2D eigenvalue weighted by Crippen LogP contribution is 2.33. The predicted molar refractivity (Wildman–Crippen MR) is 101 cm³/mol. The molecule has 0 saturated carbocycles. The maximum atomic E-state index is 5.96. The lowest BCUT2D eigenvalue weighted by Crippen LogP contribution is -2.42. The first-order chi connectivity index (χ1) is 11.8. The molecule has 0 amide bonds. The van der Waals surface area contributed by atoms with Crippen LogP contribution in [0.25, 0.3) is 0 Å². The Labute approximate surface area is 147 Å². The molecule has 3 nitrogen and oxygen atoms in total. The van der Waals surface area contributed by atoms with Gasteiger partial charge in [0.15, 0.2) is 0 Å². The van der Waals surface area contributed by atoms with Crippen molar-refractivity contribution in [2.45, 2.75) is 25.7 Å². The highest BCUT2D eigenvalue weighted by Gasteiger charge is 2.29. The Morgan fingerprint density at radius 3 is 2.79 bits per heavy atom. The molecule has 4 heteroatoms. The lowest BCUT2D eigenvalue weighted by atomic mass is 9.89. The summed E-state index contributed by atoms with van der Waals surface area (Å²) < 4.78 is 10.7. The van der Waals surface area contributed by atoms with E-state index >= 15 is 0 Å². The van der Waals surface area contributed by atoms with Gasteiger partial charge in [-0.1, -0.05) is 24.3 Å². The first kappa shape index (κ1) is 15.6.